The second-order valence-corrected chi connectivity index (χ2v) is 6.20. The van der Waals surface area contributed by atoms with Gasteiger partial charge in [-0.05, 0) is 35.8 Å². The highest BCUT2D eigenvalue weighted by atomic mass is 79.9. The van der Waals surface area contributed by atoms with Crippen molar-refractivity contribution < 1.29 is 0 Å². The van der Waals surface area contributed by atoms with Crippen LogP contribution in [0.1, 0.15) is 17.4 Å². The van der Waals surface area contributed by atoms with Crippen LogP contribution in [0.3, 0.4) is 0 Å². The van der Waals surface area contributed by atoms with Crippen LogP contribution in [-0.2, 0) is 6.54 Å². The molecule has 0 bridgehead atoms. The van der Waals surface area contributed by atoms with Crippen molar-refractivity contribution in [3.63, 3.8) is 0 Å². The van der Waals surface area contributed by atoms with Crippen molar-refractivity contribution in [2.24, 2.45) is 0 Å². The first-order chi connectivity index (χ1) is 9.11. The quantitative estimate of drug-likeness (QED) is 0.901. The van der Waals surface area contributed by atoms with Crippen molar-refractivity contribution in [1.82, 2.24) is 9.97 Å². The van der Waals surface area contributed by atoms with Crippen LogP contribution in [0.15, 0.2) is 22.2 Å². The fourth-order valence-electron chi connectivity index (χ4n) is 1.92. The largest absolute Gasteiger partial charge is 0.370 e. The number of halogens is 1. The zero-order valence-electron chi connectivity index (χ0n) is 11.3. The van der Waals surface area contributed by atoms with Gasteiger partial charge in [-0.1, -0.05) is 0 Å². The first-order valence-corrected chi connectivity index (χ1v) is 7.78. The number of hydrogen-bond acceptors (Lipinski definition) is 5. The summed E-state index contributed by atoms with van der Waals surface area (Å²) < 4.78 is 1.13. The van der Waals surface area contributed by atoms with Gasteiger partial charge in [-0.25, -0.2) is 9.97 Å². The molecule has 2 aromatic rings. The maximum absolute atomic E-state index is 4.39. The van der Waals surface area contributed by atoms with E-state index in [2.05, 4.69) is 61.5 Å². The molecule has 102 valence electrons. The van der Waals surface area contributed by atoms with Gasteiger partial charge >= 0.3 is 0 Å². The van der Waals surface area contributed by atoms with Gasteiger partial charge in [0.25, 0.3) is 0 Å². The second kappa shape index (κ2) is 6.34. The van der Waals surface area contributed by atoms with E-state index in [1.165, 1.54) is 4.88 Å². The van der Waals surface area contributed by atoms with Crippen LogP contribution >= 0.6 is 27.3 Å². The SMILES string of the molecule is CCNc1ncnc(N(C)Cc2cc(Br)cs2)c1C. The average Bonchev–Trinajstić information content (AvgIpc) is 2.77. The molecule has 0 fully saturated rings. The van der Waals surface area contributed by atoms with E-state index in [1.807, 2.05) is 6.92 Å². The van der Waals surface area contributed by atoms with Crippen molar-refractivity contribution in [2.75, 3.05) is 23.8 Å². The topological polar surface area (TPSA) is 41.1 Å². The van der Waals surface area contributed by atoms with Gasteiger partial charge in [-0.3, -0.25) is 0 Å². The highest BCUT2D eigenvalue weighted by molar-refractivity contribution is 9.10. The standard InChI is InChI=1S/C13H17BrN4S/c1-4-15-12-9(2)13(17-8-16-12)18(3)6-11-5-10(14)7-19-11/h5,7-8H,4,6H2,1-3H3,(H,15,16,17). The summed E-state index contributed by atoms with van der Waals surface area (Å²) >= 11 is 5.23. The third-order valence-electron chi connectivity index (χ3n) is 2.78. The second-order valence-electron chi connectivity index (χ2n) is 4.29. The molecule has 0 atom stereocenters. The van der Waals surface area contributed by atoms with Gasteiger partial charge in [0.2, 0.25) is 0 Å². The van der Waals surface area contributed by atoms with E-state index in [4.69, 9.17) is 0 Å². The molecule has 0 aromatic carbocycles. The third kappa shape index (κ3) is 3.45. The summed E-state index contributed by atoms with van der Waals surface area (Å²) in [6, 6.07) is 2.14. The third-order valence-corrected chi connectivity index (χ3v) is 4.46. The van der Waals surface area contributed by atoms with Crippen LogP contribution < -0.4 is 10.2 Å². The number of nitrogens with zero attached hydrogens (tertiary/aromatic N) is 3. The Labute approximate surface area is 126 Å². The molecular weight excluding hydrogens is 324 g/mol. The summed E-state index contributed by atoms with van der Waals surface area (Å²) in [5, 5.41) is 5.35. The minimum atomic E-state index is 0.847. The normalized spacial score (nSPS) is 10.5. The monoisotopic (exact) mass is 340 g/mol. The predicted octanol–water partition coefficient (Wildman–Crippen LogP) is 3.68. The van der Waals surface area contributed by atoms with E-state index in [0.29, 0.717) is 0 Å². The fraction of sp³-hybridized carbons (Fsp3) is 0.385. The van der Waals surface area contributed by atoms with Gasteiger partial charge in [0.1, 0.15) is 18.0 Å². The first kappa shape index (κ1) is 14.3. The zero-order valence-corrected chi connectivity index (χ0v) is 13.7. The molecule has 6 heteroatoms. The van der Waals surface area contributed by atoms with E-state index < -0.39 is 0 Å². The van der Waals surface area contributed by atoms with Crippen LogP contribution in [0.4, 0.5) is 11.6 Å². The summed E-state index contributed by atoms with van der Waals surface area (Å²) in [6.45, 7) is 5.82. The fourth-order valence-corrected chi connectivity index (χ4v) is 3.42. The molecule has 0 spiro atoms. The number of hydrogen-bond donors (Lipinski definition) is 1. The number of thiophene rings is 1. The lowest BCUT2D eigenvalue weighted by Gasteiger charge is -2.20. The van der Waals surface area contributed by atoms with Crippen molar-refractivity contribution in [3.05, 3.63) is 32.7 Å². The van der Waals surface area contributed by atoms with Gasteiger partial charge in [0.05, 0.1) is 6.54 Å². The van der Waals surface area contributed by atoms with Crippen LogP contribution in [0, 0.1) is 6.92 Å². The van der Waals surface area contributed by atoms with Crippen LogP contribution in [0.5, 0.6) is 0 Å². The molecule has 1 N–H and O–H groups in total. The maximum atomic E-state index is 4.39. The van der Waals surface area contributed by atoms with Gasteiger partial charge in [-0.2, -0.15) is 0 Å². The Morgan fingerprint density at radius 1 is 1.42 bits per heavy atom. The van der Waals surface area contributed by atoms with Gasteiger partial charge in [0.15, 0.2) is 0 Å². The number of nitrogens with one attached hydrogen (secondary N) is 1. The molecule has 0 aliphatic carbocycles. The molecule has 0 saturated heterocycles. The van der Waals surface area contributed by atoms with Crippen molar-refractivity contribution in [3.8, 4) is 0 Å². The minimum Gasteiger partial charge on any atom is -0.370 e. The van der Waals surface area contributed by atoms with E-state index in [0.717, 1.165) is 34.8 Å². The number of anilines is 2. The summed E-state index contributed by atoms with van der Waals surface area (Å²) in [5.74, 6) is 1.88. The maximum Gasteiger partial charge on any atom is 0.137 e. The van der Waals surface area contributed by atoms with Crippen LogP contribution in [0.25, 0.3) is 0 Å². The van der Waals surface area contributed by atoms with E-state index in [-0.39, 0.29) is 0 Å². The van der Waals surface area contributed by atoms with Crippen molar-refractivity contribution in [2.45, 2.75) is 20.4 Å². The Bertz CT molecular complexity index is 555. The molecule has 0 unspecified atom stereocenters. The molecule has 4 nitrogen and oxygen atoms in total. The molecule has 2 rings (SSSR count). The molecule has 0 radical (unpaired) electrons. The number of aromatic nitrogens is 2. The molecular formula is C13H17BrN4S. The lowest BCUT2D eigenvalue weighted by molar-refractivity contribution is 0.893. The predicted molar refractivity (Wildman–Crippen MR) is 85.1 cm³/mol. The Morgan fingerprint density at radius 2 is 2.21 bits per heavy atom. The lowest BCUT2D eigenvalue weighted by Crippen LogP contribution is -2.19. The molecule has 0 saturated carbocycles. The van der Waals surface area contributed by atoms with Crippen LogP contribution in [-0.4, -0.2) is 23.6 Å². The highest BCUT2D eigenvalue weighted by Crippen LogP contribution is 2.25. The molecule has 0 amide bonds. The molecule has 2 heterocycles. The van der Waals surface area contributed by atoms with Gasteiger partial charge < -0.3 is 10.2 Å². The summed E-state index contributed by atoms with van der Waals surface area (Å²) in [6.07, 6.45) is 1.61. The van der Waals surface area contributed by atoms with Crippen LogP contribution in [0.2, 0.25) is 0 Å². The molecule has 0 aliphatic rings. The van der Waals surface area contributed by atoms with E-state index >= 15 is 0 Å². The first-order valence-electron chi connectivity index (χ1n) is 6.11. The van der Waals surface area contributed by atoms with Gasteiger partial charge in [-0.15, -0.1) is 11.3 Å². The molecule has 0 aliphatic heterocycles. The molecule has 19 heavy (non-hydrogen) atoms. The molecule has 2 aromatic heterocycles. The van der Waals surface area contributed by atoms with E-state index in [1.54, 1.807) is 17.7 Å². The Balaban J connectivity index is 2.18. The zero-order chi connectivity index (χ0) is 13.8. The van der Waals surface area contributed by atoms with Gasteiger partial charge in [0, 0.05) is 33.9 Å². The average molecular weight is 341 g/mol. The smallest absolute Gasteiger partial charge is 0.137 e. The summed E-state index contributed by atoms with van der Waals surface area (Å²) in [5.41, 5.74) is 1.09. The number of rotatable bonds is 5. The Morgan fingerprint density at radius 3 is 2.84 bits per heavy atom. The van der Waals surface area contributed by atoms with Crippen molar-refractivity contribution in [1.29, 1.82) is 0 Å². The Kier molecular flexibility index (Phi) is 4.76. The lowest BCUT2D eigenvalue weighted by atomic mass is 10.3. The minimum absolute atomic E-state index is 0.847. The summed E-state index contributed by atoms with van der Waals surface area (Å²) in [4.78, 5) is 12.1. The summed E-state index contributed by atoms with van der Waals surface area (Å²) in [7, 11) is 2.05. The highest BCUT2D eigenvalue weighted by Gasteiger charge is 2.11. The van der Waals surface area contributed by atoms with Crippen molar-refractivity contribution >= 4 is 38.9 Å². The van der Waals surface area contributed by atoms with E-state index in [9.17, 15) is 0 Å². The Hall–Kier alpha value is -1.14.